The van der Waals surface area contributed by atoms with E-state index < -0.39 is 11.9 Å². The van der Waals surface area contributed by atoms with Crippen LogP contribution in [0, 0.1) is 5.82 Å². The molecule has 0 bridgehead atoms. The Labute approximate surface area is 125 Å². The van der Waals surface area contributed by atoms with Gasteiger partial charge in [0.1, 0.15) is 5.82 Å². The van der Waals surface area contributed by atoms with E-state index in [1.165, 1.54) is 12.1 Å². The van der Waals surface area contributed by atoms with Crippen molar-refractivity contribution in [3.05, 3.63) is 68.4 Å². The van der Waals surface area contributed by atoms with Crippen molar-refractivity contribution < 1.29 is 9.50 Å². The van der Waals surface area contributed by atoms with Crippen molar-refractivity contribution in [3.8, 4) is 0 Å². The topological polar surface area (TPSA) is 20.2 Å². The van der Waals surface area contributed by atoms with Crippen LogP contribution in [0.1, 0.15) is 17.2 Å². The number of hydrogen-bond donors (Lipinski definition) is 1. The second-order valence-corrected chi connectivity index (χ2v) is 5.40. The summed E-state index contributed by atoms with van der Waals surface area (Å²) in [4.78, 5) is 0. The maximum absolute atomic E-state index is 13.6. The lowest BCUT2D eigenvalue weighted by Gasteiger charge is -2.13. The summed E-state index contributed by atoms with van der Waals surface area (Å²) in [5, 5.41) is 11.2. The predicted octanol–water partition coefficient (Wildman–Crippen LogP) is 5.06. The second kappa shape index (κ2) is 6.10. The van der Waals surface area contributed by atoms with Gasteiger partial charge in [-0.1, -0.05) is 40.9 Å². The van der Waals surface area contributed by atoms with E-state index in [1.54, 1.807) is 24.3 Å². The van der Waals surface area contributed by atoms with Gasteiger partial charge in [-0.2, -0.15) is 0 Å². The largest absolute Gasteiger partial charge is 0.388 e. The highest BCUT2D eigenvalue weighted by molar-refractivity contribution is 6.34. The molecule has 0 radical (unpaired) electrons. The molecule has 2 rings (SSSR count). The molecule has 1 atom stereocenters. The summed E-state index contributed by atoms with van der Waals surface area (Å²) in [7, 11) is 0. The van der Waals surface area contributed by atoms with Crippen molar-refractivity contribution >= 4 is 34.8 Å². The zero-order chi connectivity index (χ0) is 14.0. The van der Waals surface area contributed by atoms with Gasteiger partial charge in [-0.25, -0.2) is 4.39 Å². The van der Waals surface area contributed by atoms with Crippen LogP contribution in [0.5, 0.6) is 0 Å². The average molecular weight is 320 g/mol. The van der Waals surface area contributed by atoms with Gasteiger partial charge in [0.15, 0.2) is 0 Å². The highest BCUT2D eigenvalue weighted by atomic mass is 35.5. The quantitative estimate of drug-likeness (QED) is 0.838. The molecule has 2 aromatic carbocycles. The van der Waals surface area contributed by atoms with Crippen LogP contribution in [-0.2, 0) is 6.42 Å². The van der Waals surface area contributed by atoms with Gasteiger partial charge in [0, 0.05) is 27.1 Å². The third kappa shape index (κ3) is 3.61. The Hall–Kier alpha value is -0.800. The zero-order valence-corrected chi connectivity index (χ0v) is 12.0. The van der Waals surface area contributed by atoms with Gasteiger partial charge in [0.2, 0.25) is 0 Å². The van der Waals surface area contributed by atoms with Crippen LogP contribution in [-0.4, -0.2) is 5.11 Å². The molecule has 2 aromatic rings. The molecule has 0 amide bonds. The van der Waals surface area contributed by atoms with E-state index in [-0.39, 0.29) is 17.0 Å². The van der Waals surface area contributed by atoms with Crippen LogP contribution in [0.4, 0.5) is 4.39 Å². The first-order chi connectivity index (χ1) is 8.97. The van der Waals surface area contributed by atoms with Gasteiger partial charge in [-0.05, 0) is 35.9 Å². The summed E-state index contributed by atoms with van der Waals surface area (Å²) in [5.41, 5.74) is 0.796. The molecule has 0 aromatic heterocycles. The number of benzene rings is 2. The molecule has 0 aliphatic rings. The molecule has 0 saturated carbocycles. The average Bonchev–Trinajstić information content (AvgIpc) is 2.32. The number of hydrogen-bond acceptors (Lipinski definition) is 1. The van der Waals surface area contributed by atoms with E-state index in [9.17, 15) is 9.50 Å². The smallest absolute Gasteiger partial charge is 0.127 e. The summed E-state index contributed by atoms with van der Waals surface area (Å²) >= 11 is 17.6. The molecular formula is C14H10Cl3FO. The van der Waals surface area contributed by atoms with Crippen LogP contribution in [0.15, 0.2) is 36.4 Å². The zero-order valence-electron chi connectivity index (χ0n) is 9.71. The molecule has 0 aliphatic heterocycles. The normalized spacial score (nSPS) is 12.5. The maximum atomic E-state index is 13.6. The third-order valence-corrected chi connectivity index (χ3v) is 3.52. The molecule has 5 heteroatoms. The monoisotopic (exact) mass is 318 g/mol. The Balaban J connectivity index is 2.28. The molecule has 0 heterocycles. The fourth-order valence-corrected chi connectivity index (χ4v) is 2.59. The lowest BCUT2D eigenvalue weighted by molar-refractivity contribution is 0.177. The van der Waals surface area contributed by atoms with Crippen LogP contribution < -0.4 is 0 Å². The van der Waals surface area contributed by atoms with Gasteiger partial charge in [0.05, 0.1) is 6.10 Å². The third-order valence-electron chi connectivity index (χ3n) is 2.73. The fourth-order valence-electron chi connectivity index (χ4n) is 1.81. The summed E-state index contributed by atoms with van der Waals surface area (Å²) in [6.45, 7) is 0. The van der Waals surface area contributed by atoms with Gasteiger partial charge in [-0.15, -0.1) is 0 Å². The Morgan fingerprint density at radius 3 is 2.26 bits per heavy atom. The highest BCUT2D eigenvalue weighted by Crippen LogP contribution is 2.28. The van der Waals surface area contributed by atoms with Gasteiger partial charge >= 0.3 is 0 Å². The first-order valence-electron chi connectivity index (χ1n) is 5.54. The molecule has 0 aliphatic carbocycles. The molecule has 1 N–H and O–H groups in total. The number of aliphatic hydroxyl groups excluding tert-OH is 1. The minimum absolute atomic E-state index is 0.0577. The van der Waals surface area contributed by atoms with Crippen LogP contribution in [0.3, 0.4) is 0 Å². The lowest BCUT2D eigenvalue weighted by atomic mass is 10.0. The van der Waals surface area contributed by atoms with E-state index in [0.29, 0.717) is 15.6 Å². The van der Waals surface area contributed by atoms with Crippen molar-refractivity contribution in [3.63, 3.8) is 0 Å². The first kappa shape index (κ1) is 14.6. The summed E-state index contributed by atoms with van der Waals surface area (Å²) in [6, 6.07) is 9.15. The minimum Gasteiger partial charge on any atom is -0.388 e. The van der Waals surface area contributed by atoms with Crippen LogP contribution in [0.2, 0.25) is 15.1 Å². The Morgan fingerprint density at radius 1 is 1.05 bits per heavy atom. The van der Waals surface area contributed by atoms with Crippen molar-refractivity contribution in [2.45, 2.75) is 12.5 Å². The predicted molar refractivity (Wildman–Crippen MR) is 76.5 cm³/mol. The molecule has 0 spiro atoms. The molecule has 0 fully saturated rings. The molecule has 0 saturated heterocycles. The SMILES string of the molecule is OC(Cc1c(F)cccc1Cl)c1cc(Cl)cc(Cl)c1. The molecule has 100 valence electrons. The Morgan fingerprint density at radius 2 is 1.68 bits per heavy atom. The van der Waals surface area contributed by atoms with Gasteiger partial charge in [0.25, 0.3) is 0 Å². The standard InChI is InChI=1S/C14H10Cl3FO/c15-9-4-8(5-10(16)6-9)14(19)7-11-12(17)2-1-3-13(11)18/h1-6,14,19H,7H2. The fraction of sp³-hybridized carbons (Fsp3) is 0.143. The molecule has 1 nitrogen and oxygen atoms in total. The van der Waals surface area contributed by atoms with Crippen molar-refractivity contribution in [2.75, 3.05) is 0 Å². The number of halogens is 4. The van der Waals surface area contributed by atoms with Crippen LogP contribution >= 0.6 is 34.8 Å². The number of aliphatic hydroxyl groups is 1. The van der Waals surface area contributed by atoms with Crippen molar-refractivity contribution in [1.29, 1.82) is 0 Å². The summed E-state index contributed by atoms with van der Waals surface area (Å²) in [6.07, 6.45) is -0.868. The minimum atomic E-state index is -0.925. The van der Waals surface area contributed by atoms with Crippen molar-refractivity contribution in [2.24, 2.45) is 0 Å². The maximum Gasteiger partial charge on any atom is 0.127 e. The first-order valence-corrected chi connectivity index (χ1v) is 6.67. The van der Waals surface area contributed by atoms with E-state index in [1.807, 2.05) is 0 Å². The lowest BCUT2D eigenvalue weighted by Crippen LogP contribution is -2.04. The van der Waals surface area contributed by atoms with Gasteiger partial charge in [-0.3, -0.25) is 0 Å². The number of rotatable bonds is 3. The van der Waals surface area contributed by atoms with E-state index in [4.69, 9.17) is 34.8 Å². The van der Waals surface area contributed by atoms with E-state index >= 15 is 0 Å². The molecular weight excluding hydrogens is 310 g/mol. The Kier molecular flexibility index (Phi) is 4.69. The van der Waals surface area contributed by atoms with Crippen molar-refractivity contribution in [1.82, 2.24) is 0 Å². The van der Waals surface area contributed by atoms with Gasteiger partial charge < -0.3 is 5.11 Å². The molecule has 1 unspecified atom stereocenters. The van der Waals surface area contributed by atoms with E-state index in [0.717, 1.165) is 0 Å². The molecule has 19 heavy (non-hydrogen) atoms. The Bertz CT molecular complexity index is 561. The summed E-state index contributed by atoms with van der Waals surface area (Å²) in [5.74, 6) is -0.445. The van der Waals surface area contributed by atoms with E-state index in [2.05, 4.69) is 0 Å². The van der Waals surface area contributed by atoms with Crippen LogP contribution in [0.25, 0.3) is 0 Å². The summed E-state index contributed by atoms with van der Waals surface area (Å²) < 4.78 is 13.6. The highest BCUT2D eigenvalue weighted by Gasteiger charge is 2.15. The second-order valence-electron chi connectivity index (χ2n) is 4.12.